The van der Waals surface area contributed by atoms with Gasteiger partial charge < -0.3 is 15.8 Å². The summed E-state index contributed by atoms with van der Waals surface area (Å²) in [5.74, 6) is 1.37. The van der Waals surface area contributed by atoms with E-state index in [1.807, 2.05) is 18.2 Å². The largest absolute Gasteiger partial charge is 0.493 e. The number of ether oxygens (including phenoxy) is 1. The van der Waals surface area contributed by atoms with Crippen LogP contribution in [0.1, 0.15) is 49.5 Å². The van der Waals surface area contributed by atoms with Gasteiger partial charge in [0, 0.05) is 22.8 Å². The number of halogens is 1. The maximum absolute atomic E-state index is 6.08. The van der Waals surface area contributed by atoms with Gasteiger partial charge in [-0.15, -0.1) is 35.3 Å². The second-order valence-corrected chi connectivity index (χ2v) is 7.83. The van der Waals surface area contributed by atoms with Crippen LogP contribution in [0.15, 0.2) is 34.6 Å². The third-order valence-electron chi connectivity index (χ3n) is 3.89. The van der Waals surface area contributed by atoms with E-state index < -0.39 is 0 Å². The molecule has 5 nitrogen and oxygen atoms in total. The SMILES string of the molecule is CC(C)(C)c1nc(CN=C(N)NC2CCOc3ccccc32)cs1.I. The first-order chi connectivity index (χ1) is 11.4. The van der Waals surface area contributed by atoms with Gasteiger partial charge in [0.25, 0.3) is 0 Å². The first kappa shape index (κ1) is 20.0. The molecular weight excluding hydrogens is 447 g/mol. The van der Waals surface area contributed by atoms with Crippen molar-refractivity contribution < 1.29 is 4.74 Å². The Labute approximate surface area is 170 Å². The van der Waals surface area contributed by atoms with E-state index in [0.717, 1.165) is 28.4 Å². The summed E-state index contributed by atoms with van der Waals surface area (Å²) in [5.41, 5.74) is 8.24. The number of benzene rings is 1. The van der Waals surface area contributed by atoms with Gasteiger partial charge in [-0.2, -0.15) is 0 Å². The van der Waals surface area contributed by atoms with Gasteiger partial charge in [-0.25, -0.2) is 9.98 Å². The summed E-state index contributed by atoms with van der Waals surface area (Å²) >= 11 is 1.68. The molecule has 0 amide bonds. The van der Waals surface area contributed by atoms with Crippen molar-refractivity contribution in [2.24, 2.45) is 10.7 Å². The van der Waals surface area contributed by atoms with Crippen LogP contribution < -0.4 is 15.8 Å². The summed E-state index contributed by atoms with van der Waals surface area (Å²) < 4.78 is 5.67. The number of aromatic nitrogens is 1. The minimum Gasteiger partial charge on any atom is -0.493 e. The fraction of sp³-hybridized carbons (Fsp3) is 0.444. The number of fused-ring (bicyclic) bond motifs is 1. The quantitative estimate of drug-likeness (QED) is 0.403. The van der Waals surface area contributed by atoms with Crippen molar-refractivity contribution in [2.75, 3.05) is 6.61 Å². The topological polar surface area (TPSA) is 72.5 Å². The van der Waals surface area contributed by atoms with Crippen LogP contribution in [0.5, 0.6) is 5.75 Å². The first-order valence-electron chi connectivity index (χ1n) is 8.16. The van der Waals surface area contributed by atoms with E-state index in [1.165, 1.54) is 0 Å². The normalized spacial score (nSPS) is 17.2. The second kappa shape index (κ2) is 8.35. The number of nitrogens with zero attached hydrogens (tertiary/aromatic N) is 2. The summed E-state index contributed by atoms with van der Waals surface area (Å²) in [6.45, 7) is 7.67. The Bertz CT molecular complexity index is 739. The van der Waals surface area contributed by atoms with Gasteiger partial charge in [0.05, 0.1) is 29.9 Å². The lowest BCUT2D eigenvalue weighted by Gasteiger charge is -2.26. The maximum Gasteiger partial charge on any atom is 0.189 e. The molecule has 2 heterocycles. The first-order valence-corrected chi connectivity index (χ1v) is 9.04. The minimum atomic E-state index is 0. The monoisotopic (exact) mass is 472 g/mol. The molecule has 0 fully saturated rings. The smallest absolute Gasteiger partial charge is 0.189 e. The van der Waals surface area contributed by atoms with Crippen LogP contribution >= 0.6 is 35.3 Å². The molecule has 0 radical (unpaired) electrons. The highest BCUT2D eigenvalue weighted by molar-refractivity contribution is 14.0. The van der Waals surface area contributed by atoms with Crippen molar-refractivity contribution >= 4 is 41.3 Å². The van der Waals surface area contributed by atoms with E-state index in [4.69, 9.17) is 10.5 Å². The third kappa shape index (κ3) is 5.07. The number of thiazole rings is 1. The molecule has 7 heteroatoms. The maximum atomic E-state index is 6.08. The van der Waals surface area contributed by atoms with Crippen LogP contribution in [0.2, 0.25) is 0 Å². The molecule has 0 bridgehead atoms. The van der Waals surface area contributed by atoms with Crippen LogP contribution in [-0.2, 0) is 12.0 Å². The Morgan fingerprint density at radius 3 is 2.88 bits per heavy atom. The molecule has 0 saturated carbocycles. The molecule has 1 aromatic heterocycles. The minimum absolute atomic E-state index is 0. The molecule has 1 aliphatic rings. The van der Waals surface area contributed by atoms with Gasteiger partial charge in [-0.05, 0) is 6.07 Å². The zero-order valence-corrected chi connectivity index (χ0v) is 17.9. The van der Waals surface area contributed by atoms with Gasteiger partial charge in [-0.3, -0.25) is 0 Å². The van der Waals surface area contributed by atoms with Crippen molar-refractivity contribution in [2.45, 2.75) is 45.2 Å². The number of aliphatic imine (C=N–C) groups is 1. The highest BCUT2D eigenvalue weighted by atomic mass is 127. The van der Waals surface area contributed by atoms with E-state index in [1.54, 1.807) is 11.3 Å². The number of nitrogens with one attached hydrogen (secondary N) is 1. The summed E-state index contributed by atoms with van der Waals surface area (Å²) in [6, 6.07) is 8.18. The molecule has 3 N–H and O–H groups in total. The number of rotatable bonds is 3. The average Bonchev–Trinajstić information content (AvgIpc) is 3.03. The fourth-order valence-electron chi connectivity index (χ4n) is 2.61. The Morgan fingerprint density at radius 1 is 1.40 bits per heavy atom. The second-order valence-electron chi connectivity index (χ2n) is 6.97. The van der Waals surface area contributed by atoms with E-state index >= 15 is 0 Å². The van der Waals surface area contributed by atoms with Gasteiger partial charge in [0.2, 0.25) is 0 Å². The number of hydrogen-bond acceptors (Lipinski definition) is 4. The average molecular weight is 472 g/mol. The number of guanidine groups is 1. The van der Waals surface area contributed by atoms with Crippen LogP contribution in [0, 0.1) is 0 Å². The van der Waals surface area contributed by atoms with Crippen LogP contribution in [0.4, 0.5) is 0 Å². The molecule has 2 aromatic rings. The Kier molecular flexibility index (Phi) is 6.67. The summed E-state index contributed by atoms with van der Waals surface area (Å²) in [6.07, 6.45) is 0.873. The predicted octanol–water partition coefficient (Wildman–Crippen LogP) is 3.99. The van der Waals surface area contributed by atoms with E-state index in [9.17, 15) is 0 Å². The highest BCUT2D eigenvalue weighted by Gasteiger charge is 2.21. The molecule has 25 heavy (non-hydrogen) atoms. The van der Waals surface area contributed by atoms with Gasteiger partial charge in [0.1, 0.15) is 5.75 Å². The molecular formula is C18H25IN4OS. The molecule has 0 aliphatic carbocycles. The summed E-state index contributed by atoms with van der Waals surface area (Å²) in [7, 11) is 0. The van der Waals surface area contributed by atoms with Crippen LogP contribution in [0.3, 0.4) is 0 Å². The molecule has 136 valence electrons. The number of nitrogens with two attached hydrogens (primary N) is 1. The lowest BCUT2D eigenvalue weighted by molar-refractivity contribution is 0.262. The zero-order valence-electron chi connectivity index (χ0n) is 14.8. The predicted molar refractivity (Wildman–Crippen MR) is 114 cm³/mol. The molecule has 3 rings (SSSR count). The number of para-hydroxylation sites is 1. The Balaban J connectivity index is 0.00000225. The molecule has 1 atom stereocenters. The van der Waals surface area contributed by atoms with Crippen LogP contribution in [0.25, 0.3) is 0 Å². The van der Waals surface area contributed by atoms with Crippen molar-refractivity contribution in [3.63, 3.8) is 0 Å². The summed E-state index contributed by atoms with van der Waals surface area (Å²) in [4.78, 5) is 9.09. The van der Waals surface area contributed by atoms with Gasteiger partial charge in [0.15, 0.2) is 5.96 Å². The van der Waals surface area contributed by atoms with Crippen molar-refractivity contribution in [1.29, 1.82) is 0 Å². The Hall–Kier alpha value is -1.35. The fourth-order valence-corrected chi connectivity index (χ4v) is 3.50. The van der Waals surface area contributed by atoms with E-state index in [0.29, 0.717) is 19.1 Å². The van der Waals surface area contributed by atoms with Crippen molar-refractivity contribution in [3.8, 4) is 5.75 Å². The van der Waals surface area contributed by atoms with Gasteiger partial charge >= 0.3 is 0 Å². The van der Waals surface area contributed by atoms with Gasteiger partial charge in [-0.1, -0.05) is 39.0 Å². The standard InChI is InChI=1S/C18H24N4OS.HI/c1-18(2,3)16-21-12(11-24-16)10-20-17(19)22-14-8-9-23-15-7-5-4-6-13(14)15;/h4-7,11,14H,8-10H2,1-3H3,(H3,19,20,22);1H. The van der Waals surface area contributed by atoms with E-state index in [2.05, 4.69) is 47.5 Å². The molecule has 1 unspecified atom stereocenters. The number of hydrogen-bond donors (Lipinski definition) is 2. The molecule has 1 aromatic carbocycles. The Morgan fingerprint density at radius 2 is 2.16 bits per heavy atom. The highest BCUT2D eigenvalue weighted by Crippen LogP contribution is 2.31. The third-order valence-corrected chi connectivity index (χ3v) is 5.20. The lowest BCUT2D eigenvalue weighted by atomic mass is 9.98. The van der Waals surface area contributed by atoms with Crippen molar-refractivity contribution in [3.05, 3.63) is 45.9 Å². The molecule has 0 spiro atoms. The van der Waals surface area contributed by atoms with Crippen molar-refractivity contribution in [1.82, 2.24) is 10.3 Å². The summed E-state index contributed by atoms with van der Waals surface area (Å²) in [5, 5.41) is 6.49. The van der Waals surface area contributed by atoms with Crippen LogP contribution in [-0.4, -0.2) is 17.6 Å². The molecule has 0 saturated heterocycles. The zero-order chi connectivity index (χ0) is 17.2. The molecule has 1 aliphatic heterocycles. The lowest BCUT2D eigenvalue weighted by Crippen LogP contribution is -2.37. The van der Waals surface area contributed by atoms with E-state index in [-0.39, 0.29) is 35.4 Å².